The van der Waals surface area contributed by atoms with Gasteiger partial charge >= 0.3 is 17.9 Å². The minimum Gasteiger partial charge on any atom is -0.466 e. The summed E-state index contributed by atoms with van der Waals surface area (Å²) in [6.45, 7) is 26.0. The van der Waals surface area contributed by atoms with Gasteiger partial charge in [-0.3, -0.25) is 9.59 Å². The summed E-state index contributed by atoms with van der Waals surface area (Å²) in [6.07, 6.45) is 1.85. The third-order valence-corrected chi connectivity index (χ3v) is 5.01. The monoisotopic (exact) mass is 564 g/mol. The molecular formula is C28H60N4O7. The zero-order chi connectivity index (χ0) is 30.9. The van der Waals surface area contributed by atoms with Gasteiger partial charge < -0.3 is 39.8 Å². The van der Waals surface area contributed by atoms with E-state index in [-0.39, 0.29) is 24.5 Å². The molecule has 0 amide bonds. The quantitative estimate of drug-likeness (QED) is 0.144. The highest BCUT2D eigenvalue weighted by atomic mass is 16.5. The Morgan fingerprint density at radius 1 is 0.718 bits per heavy atom. The van der Waals surface area contributed by atoms with Crippen LogP contribution in [0.4, 0.5) is 0 Å². The second-order valence-electron chi connectivity index (χ2n) is 7.94. The van der Waals surface area contributed by atoms with E-state index in [2.05, 4.69) is 53.8 Å². The van der Waals surface area contributed by atoms with E-state index in [1.807, 2.05) is 0 Å². The molecular weight excluding hydrogens is 504 g/mol. The zero-order valence-electron chi connectivity index (χ0n) is 26.2. The predicted octanol–water partition coefficient (Wildman–Crippen LogP) is 2.17. The van der Waals surface area contributed by atoms with Gasteiger partial charge in [-0.2, -0.15) is 0 Å². The maximum atomic E-state index is 11.5. The molecule has 0 heterocycles. The Bertz CT molecular complexity index is 540. The molecule has 0 aromatic heterocycles. The van der Waals surface area contributed by atoms with Crippen molar-refractivity contribution in [2.75, 3.05) is 92.4 Å². The lowest BCUT2D eigenvalue weighted by atomic mass is 10.3. The molecule has 0 saturated heterocycles. The van der Waals surface area contributed by atoms with Crippen molar-refractivity contribution in [1.29, 1.82) is 0 Å². The van der Waals surface area contributed by atoms with Gasteiger partial charge in [0.15, 0.2) is 0 Å². The molecule has 11 heteroatoms. The second-order valence-corrected chi connectivity index (χ2v) is 7.94. The molecule has 0 radical (unpaired) electrons. The normalized spacial score (nSPS) is 9.87. The van der Waals surface area contributed by atoms with Crippen molar-refractivity contribution in [1.82, 2.24) is 14.7 Å². The summed E-state index contributed by atoms with van der Waals surface area (Å²) < 4.78 is 14.3. The van der Waals surface area contributed by atoms with Crippen molar-refractivity contribution in [3.8, 4) is 0 Å². The van der Waals surface area contributed by atoms with Gasteiger partial charge in [0.05, 0.1) is 32.7 Å². The first-order valence-electron chi connectivity index (χ1n) is 14.1. The van der Waals surface area contributed by atoms with Crippen LogP contribution in [0.25, 0.3) is 0 Å². The highest BCUT2D eigenvalue weighted by Gasteiger charge is 2.12. The lowest BCUT2D eigenvalue weighted by molar-refractivity contribution is -0.143. The number of aliphatic hydroxyl groups excluding tert-OH is 1. The molecule has 0 rings (SSSR count). The minimum atomic E-state index is -0.359. The molecule has 0 atom stereocenters. The van der Waals surface area contributed by atoms with Gasteiger partial charge in [0.2, 0.25) is 0 Å². The number of hydrogen-bond donors (Lipinski definition) is 2. The molecule has 0 bridgehead atoms. The van der Waals surface area contributed by atoms with Crippen LogP contribution in [0.1, 0.15) is 61.3 Å². The summed E-state index contributed by atoms with van der Waals surface area (Å²) in [6, 6.07) is 0. The summed E-state index contributed by atoms with van der Waals surface area (Å²) in [5.41, 5.74) is 5.26. The second kappa shape index (κ2) is 35.9. The molecule has 0 unspecified atom stereocenters. The number of rotatable bonds is 18. The predicted molar refractivity (Wildman–Crippen MR) is 159 cm³/mol. The van der Waals surface area contributed by atoms with Crippen molar-refractivity contribution in [3.63, 3.8) is 0 Å². The number of nitrogens with zero attached hydrogens (tertiary/aromatic N) is 3. The van der Waals surface area contributed by atoms with Gasteiger partial charge in [-0.05, 0) is 54.4 Å². The molecule has 0 aliphatic rings. The molecule has 0 aromatic carbocycles. The molecule has 0 fully saturated rings. The van der Waals surface area contributed by atoms with Gasteiger partial charge in [-0.1, -0.05) is 27.4 Å². The Hall–Kier alpha value is -2.05. The molecule has 0 aliphatic heterocycles. The fraction of sp³-hybridized carbons (Fsp3) is 0.821. The molecule has 0 spiro atoms. The number of carbonyl (C=O) groups excluding carboxylic acids is 3. The Kier molecular flexibility index (Phi) is 40.5. The van der Waals surface area contributed by atoms with E-state index < -0.39 is 0 Å². The summed E-state index contributed by atoms with van der Waals surface area (Å²) >= 11 is 0. The Morgan fingerprint density at radius 2 is 1.13 bits per heavy atom. The van der Waals surface area contributed by atoms with Crippen molar-refractivity contribution in [2.45, 2.75) is 61.3 Å². The van der Waals surface area contributed by atoms with Crippen LogP contribution in [0, 0.1) is 0 Å². The number of ether oxygens (including phenoxy) is 3. The number of carbonyl (C=O) groups is 3. The number of esters is 3. The van der Waals surface area contributed by atoms with Crippen LogP contribution in [0.2, 0.25) is 0 Å². The summed E-state index contributed by atoms with van der Waals surface area (Å²) in [5.74, 6) is -0.736. The maximum absolute atomic E-state index is 11.5. The summed E-state index contributed by atoms with van der Waals surface area (Å²) in [4.78, 5) is 39.7. The van der Waals surface area contributed by atoms with E-state index in [1.165, 1.54) is 0 Å². The van der Waals surface area contributed by atoms with Crippen molar-refractivity contribution in [3.05, 3.63) is 12.7 Å². The van der Waals surface area contributed by atoms with Gasteiger partial charge in [0, 0.05) is 52.0 Å². The number of hydrogen-bond acceptors (Lipinski definition) is 11. The summed E-state index contributed by atoms with van der Waals surface area (Å²) in [5, 5.41) is 7.57. The van der Waals surface area contributed by atoms with E-state index in [4.69, 9.17) is 20.3 Å². The van der Waals surface area contributed by atoms with E-state index in [0.29, 0.717) is 45.8 Å². The fourth-order valence-corrected chi connectivity index (χ4v) is 2.70. The first-order valence-corrected chi connectivity index (χ1v) is 14.1. The SMILES string of the molecule is C=CC(=O)OCC.CCN(C)CCN.CCO.CCOC(=O)CCN(CCC(=O)OCC)CCN(CC)CC. The standard InChI is InChI=1S/C16H32N2O4.C5H14N2.C5H8O2.C2H6O/c1-5-17(6-2)13-14-18(11-9-15(19)21-7-3)12-10-16(20)22-8-4;1-3-7(2)5-4-6;1-3-5(6)7-4-2;1-2-3/h5-14H2,1-4H3;3-6H2,1-2H3;3H,1,4H2,2H3;3H,2H2,1H3. The smallest absolute Gasteiger partial charge is 0.330 e. The van der Waals surface area contributed by atoms with Crippen LogP contribution in [-0.4, -0.2) is 130 Å². The molecule has 0 aromatic rings. The average molecular weight is 565 g/mol. The molecule has 3 N–H and O–H groups in total. The lowest BCUT2D eigenvalue weighted by Crippen LogP contribution is -2.37. The van der Waals surface area contributed by atoms with Crippen LogP contribution < -0.4 is 5.73 Å². The van der Waals surface area contributed by atoms with Gasteiger partial charge in [0.25, 0.3) is 0 Å². The molecule has 0 aliphatic carbocycles. The lowest BCUT2D eigenvalue weighted by Gasteiger charge is -2.25. The maximum Gasteiger partial charge on any atom is 0.330 e. The van der Waals surface area contributed by atoms with Crippen LogP contribution in [0.5, 0.6) is 0 Å². The van der Waals surface area contributed by atoms with Crippen LogP contribution in [0.15, 0.2) is 12.7 Å². The van der Waals surface area contributed by atoms with E-state index in [9.17, 15) is 14.4 Å². The van der Waals surface area contributed by atoms with Crippen LogP contribution in [0.3, 0.4) is 0 Å². The van der Waals surface area contributed by atoms with Crippen LogP contribution >= 0.6 is 0 Å². The Balaban J connectivity index is -0.000000292. The number of likely N-dealkylation sites (N-methyl/N-ethyl adjacent to an activating group) is 2. The van der Waals surface area contributed by atoms with Gasteiger partial charge in [-0.15, -0.1) is 0 Å². The summed E-state index contributed by atoms with van der Waals surface area (Å²) in [7, 11) is 2.06. The third kappa shape index (κ3) is 38.2. The zero-order valence-corrected chi connectivity index (χ0v) is 26.2. The van der Waals surface area contributed by atoms with E-state index in [1.54, 1.807) is 27.7 Å². The first-order chi connectivity index (χ1) is 18.6. The highest BCUT2D eigenvalue weighted by molar-refractivity contribution is 5.81. The minimum absolute atomic E-state index is 0.188. The highest BCUT2D eigenvalue weighted by Crippen LogP contribution is 2.00. The Morgan fingerprint density at radius 3 is 1.38 bits per heavy atom. The van der Waals surface area contributed by atoms with Gasteiger partial charge in [-0.25, -0.2) is 4.79 Å². The molecule has 0 saturated carbocycles. The average Bonchev–Trinajstić information content (AvgIpc) is 2.92. The largest absolute Gasteiger partial charge is 0.466 e. The van der Waals surface area contributed by atoms with Crippen molar-refractivity contribution in [2.24, 2.45) is 5.73 Å². The Labute approximate surface area is 238 Å². The number of aliphatic hydroxyl groups is 1. The molecule has 234 valence electrons. The van der Waals surface area contributed by atoms with Crippen LogP contribution in [-0.2, 0) is 28.6 Å². The van der Waals surface area contributed by atoms with Gasteiger partial charge in [0.1, 0.15) is 0 Å². The molecule has 39 heavy (non-hydrogen) atoms. The fourth-order valence-electron chi connectivity index (χ4n) is 2.70. The van der Waals surface area contributed by atoms with Crippen molar-refractivity contribution < 1.29 is 33.7 Å². The first kappa shape index (κ1) is 44.0. The third-order valence-electron chi connectivity index (χ3n) is 5.01. The van der Waals surface area contributed by atoms with E-state index in [0.717, 1.165) is 51.9 Å². The molecule has 11 nitrogen and oxygen atoms in total. The topological polar surface area (TPSA) is 135 Å². The van der Waals surface area contributed by atoms with Crippen molar-refractivity contribution >= 4 is 17.9 Å². The van der Waals surface area contributed by atoms with E-state index >= 15 is 0 Å². The number of nitrogens with two attached hydrogens (primary N) is 1.